The quantitative estimate of drug-likeness (QED) is 0.361. The molecule has 0 amide bonds. The summed E-state index contributed by atoms with van der Waals surface area (Å²) >= 11 is 0. The fourth-order valence-electron chi connectivity index (χ4n) is 1.99. The number of para-hydroxylation sites is 1. The molecule has 0 radical (unpaired) electrons. The molecule has 1 rings (SSSR count). The summed E-state index contributed by atoms with van der Waals surface area (Å²) in [6.45, 7) is 2.25. The molecule has 0 saturated heterocycles. The van der Waals surface area contributed by atoms with Crippen molar-refractivity contribution in [3.63, 3.8) is 0 Å². The summed E-state index contributed by atoms with van der Waals surface area (Å²) in [4.78, 5) is 21.6. The van der Waals surface area contributed by atoms with Crippen molar-refractivity contribution < 1.29 is 24.4 Å². The van der Waals surface area contributed by atoms with Crippen LogP contribution in [0.25, 0.3) is 0 Å². The molecule has 0 fully saturated rings. The summed E-state index contributed by atoms with van der Waals surface area (Å²) in [5.74, 6) is 0.452. The Morgan fingerprint density at radius 2 is 1.36 bits per heavy atom. The first-order valence-corrected chi connectivity index (χ1v) is 8.96. The third-order valence-electron chi connectivity index (χ3n) is 3.04. The molecule has 7 heteroatoms. The Kier molecular flexibility index (Phi) is 14.6. The van der Waals surface area contributed by atoms with E-state index in [2.05, 4.69) is 6.92 Å². The van der Waals surface area contributed by atoms with Gasteiger partial charge in [-0.1, -0.05) is 63.6 Å². The molecule has 0 saturated carbocycles. The highest BCUT2D eigenvalue weighted by atomic mass is 31.2. The molecule has 6 nitrogen and oxygen atoms in total. The van der Waals surface area contributed by atoms with Crippen LogP contribution in [-0.4, -0.2) is 19.8 Å². The average Bonchev–Trinajstić information content (AvgIpc) is 2.38. The number of benzene rings is 1. The fraction of sp³-hybridized carbons (Fsp3) is 0.600. The normalized spacial score (nSPS) is 10.4. The first-order chi connectivity index (χ1) is 9.84. The van der Waals surface area contributed by atoms with Gasteiger partial charge in [-0.25, -0.2) is 4.57 Å². The second-order valence-electron chi connectivity index (χ2n) is 5.01. The van der Waals surface area contributed by atoms with Crippen molar-refractivity contribution in [1.29, 1.82) is 0 Å². The molecule has 130 valence electrons. The number of hydrogen-bond donors (Lipinski definition) is 5. The van der Waals surface area contributed by atoms with Gasteiger partial charge in [0, 0.05) is 0 Å². The minimum atomic E-state index is -4.64. The third-order valence-corrected chi connectivity index (χ3v) is 3.04. The molecule has 0 aliphatic rings. The van der Waals surface area contributed by atoms with Crippen LogP contribution >= 0.6 is 7.82 Å². The maximum absolute atomic E-state index is 9.58. The van der Waals surface area contributed by atoms with Crippen molar-refractivity contribution in [2.75, 3.05) is 0 Å². The van der Waals surface area contributed by atoms with E-state index < -0.39 is 7.82 Å². The first-order valence-electron chi connectivity index (χ1n) is 7.39. The van der Waals surface area contributed by atoms with Crippen molar-refractivity contribution in [3.8, 4) is 5.75 Å². The number of unbranched alkanes of at least 4 members (excludes halogenated alkanes) is 6. The SMILES string of the molecule is CCCCCCCCCc1ccccc1O.N.O=P(O)(O)O. The Balaban J connectivity index is 0. The molecule has 0 heterocycles. The zero-order chi connectivity index (χ0) is 16.1. The highest BCUT2D eigenvalue weighted by molar-refractivity contribution is 7.45. The van der Waals surface area contributed by atoms with Crippen LogP contribution < -0.4 is 6.15 Å². The van der Waals surface area contributed by atoms with Crippen LogP contribution in [0, 0.1) is 0 Å². The van der Waals surface area contributed by atoms with Gasteiger partial charge in [-0.3, -0.25) is 0 Å². The standard InChI is InChI=1S/C15H24O.H3N.H3O4P/c1-2-3-4-5-6-7-8-11-14-12-9-10-13-15(14)16;;1-5(2,3)4/h9-10,12-13,16H,2-8,11H2,1H3;1H3;(H3,1,2,3,4). The predicted octanol–water partition coefficient (Wildman–Crippen LogP) is 3.92. The van der Waals surface area contributed by atoms with Crippen LogP contribution in [0.1, 0.15) is 57.4 Å². The van der Waals surface area contributed by atoms with Gasteiger partial charge in [0.05, 0.1) is 0 Å². The van der Waals surface area contributed by atoms with Crippen molar-refractivity contribution in [2.45, 2.75) is 58.3 Å². The second kappa shape index (κ2) is 13.7. The number of aryl methyl sites for hydroxylation is 1. The van der Waals surface area contributed by atoms with E-state index in [1.807, 2.05) is 18.2 Å². The Morgan fingerprint density at radius 3 is 1.86 bits per heavy atom. The molecule has 0 bridgehead atoms. The average molecular weight is 335 g/mol. The lowest BCUT2D eigenvalue weighted by atomic mass is 10.0. The van der Waals surface area contributed by atoms with Gasteiger partial charge in [0.1, 0.15) is 5.75 Å². The Hall–Kier alpha value is -0.910. The molecule has 0 atom stereocenters. The van der Waals surface area contributed by atoms with Gasteiger partial charge in [-0.05, 0) is 24.5 Å². The molecule has 7 N–H and O–H groups in total. The Bertz CT molecular complexity index is 414. The number of hydrogen-bond acceptors (Lipinski definition) is 3. The maximum atomic E-state index is 9.58. The van der Waals surface area contributed by atoms with E-state index in [1.54, 1.807) is 6.07 Å². The molecular weight excluding hydrogens is 305 g/mol. The van der Waals surface area contributed by atoms with Crippen LogP contribution in [0.4, 0.5) is 0 Å². The van der Waals surface area contributed by atoms with Crippen LogP contribution in [0.3, 0.4) is 0 Å². The summed E-state index contributed by atoms with van der Waals surface area (Å²) in [6, 6.07) is 7.67. The summed E-state index contributed by atoms with van der Waals surface area (Å²) in [7, 11) is -4.64. The minimum absolute atomic E-state index is 0. The van der Waals surface area contributed by atoms with Crippen LogP contribution in [0.5, 0.6) is 5.75 Å². The van der Waals surface area contributed by atoms with E-state index >= 15 is 0 Å². The van der Waals surface area contributed by atoms with E-state index in [0.29, 0.717) is 5.75 Å². The zero-order valence-electron chi connectivity index (χ0n) is 13.3. The van der Waals surface area contributed by atoms with Gasteiger partial charge < -0.3 is 25.9 Å². The zero-order valence-corrected chi connectivity index (χ0v) is 14.2. The minimum Gasteiger partial charge on any atom is -0.508 e. The second-order valence-corrected chi connectivity index (χ2v) is 6.04. The lowest BCUT2D eigenvalue weighted by molar-refractivity contribution is 0.275. The van der Waals surface area contributed by atoms with Crippen LogP contribution in [0.15, 0.2) is 24.3 Å². The number of phosphoric acid groups is 1. The lowest BCUT2D eigenvalue weighted by Gasteiger charge is -2.04. The van der Waals surface area contributed by atoms with Crippen molar-refractivity contribution in [3.05, 3.63) is 29.8 Å². The van der Waals surface area contributed by atoms with E-state index in [-0.39, 0.29) is 6.15 Å². The number of rotatable bonds is 8. The van der Waals surface area contributed by atoms with Crippen molar-refractivity contribution in [2.24, 2.45) is 0 Å². The Morgan fingerprint density at radius 1 is 0.909 bits per heavy atom. The van der Waals surface area contributed by atoms with Gasteiger partial charge in [-0.15, -0.1) is 0 Å². The fourth-order valence-corrected chi connectivity index (χ4v) is 1.99. The summed E-state index contributed by atoms with van der Waals surface area (Å²) in [6.07, 6.45) is 10.3. The molecule has 0 unspecified atom stereocenters. The summed E-state index contributed by atoms with van der Waals surface area (Å²) < 4.78 is 8.88. The molecule has 1 aromatic carbocycles. The molecular formula is C15H30NO5P. The molecule has 1 aromatic rings. The summed E-state index contributed by atoms with van der Waals surface area (Å²) in [5, 5.41) is 9.58. The van der Waals surface area contributed by atoms with Gasteiger partial charge in [0.25, 0.3) is 0 Å². The largest absolute Gasteiger partial charge is 0.508 e. The monoisotopic (exact) mass is 335 g/mol. The molecule has 0 aromatic heterocycles. The van der Waals surface area contributed by atoms with Crippen LogP contribution in [0.2, 0.25) is 0 Å². The smallest absolute Gasteiger partial charge is 0.466 e. The lowest BCUT2D eigenvalue weighted by Crippen LogP contribution is -1.87. The molecule has 0 aliphatic carbocycles. The highest BCUT2D eigenvalue weighted by Gasteiger charge is 2.00. The number of phenols is 1. The topological polar surface area (TPSA) is 133 Å². The molecule has 0 spiro atoms. The van der Waals surface area contributed by atoms with Gasteiger partial charge in [0.15, 0.2) is 0 Å². The van der Waals surface area contributed by atoms with Crippen LogP contribution in [-0.2, 0) is 11.0 Å². The number of aromatic hydroxyl groups is 1. The van der Waals surface area contributed by atoms with Crippen molar-refractivity contribution in [1.82, 2.24) is 6.15 Å². The molecule has 0 aliphatic heterocycles. The number of phenolic OH excluding ortho intramolecular Hbond substituents is 1. The predicted molar refractivity (Wildman–Crippen MR) is 89.1 cm³/mol. The van der Waals surface area contributed by atoms with E-state index in [0.717, 1.165) is 12.0 Å². The Labute approximate surface area is 133 Å². The third kappa shape index (κ3) is 17.1. The van der Waals surface area contributed by atoms with Gasteiger partial charge in [0.2, 0.25) is 0 Å². The van der Waals surface area contributed by atoms with E-state index in [4.69, 9.17) is 19.2 Å². The molecule has 22 heavy (non-hydrogen) atoms. The van der Waals surface area contributed by atoms with E-state index in [1.165, 1.54) is 44.9 Å². The van der Waals surface area contributed by atoms with Gasteiger partial charge in [-0.2, -0.15) is 0 Å². The summed E-state index contributed by atoms with van der Waals surface area (Å²) in [5.41, 5.74) is 1.09. The van der Waals surface area contributed by atoms with E-state index in [9.17, 15) is 5.11 Å². The van der Waals surface area contributed by atoms with Gasteiger partial charge >= 0.3 is 7.82 Å². The highest BCUT2D eigenvalue weighted by Crippen LogP contribution is 2.25. The first kappa shape index (κ1) is 23.4. The maximum Gasteiger partial charge on any atom is 0.466 e. The van der Waals surface area contributed by atoms with Crippen molar-refractivity contribution >= 4 is 7.82 Å².